The fraction of sp³-hybridized carbons (Fsp3) is 1.00. The molecule has 1 unspecified atom stereocenters. The van der Waals surface area contributed by atoms with Crippen LogP contribution >= 0.6 is 0 Å². The molecule has 0 fully saturated rings. The topological polar surface area (TPSA) is 12.0 Å². The Labute approximate surface area is 90.7 Å². The van der Waals surface area contributed by atoms with Gasteiger partial charge in [0.15, 0.2) is 0 Å². The smallest absolute Gasteiger partial charge is 0.00258 e. The number of rotatable bonds is 6. The average Bonchev–Trinajstić information content (AvgIpc) is 1.94. The molecular weight excluding hydrogens is 170 g/mol. The van der Waals surface area contributed by atoms with Crippen LogP contribution in [0.4, 0.5) is 0 Å². The van der Waals surface area contributed by atoms with Crippen LogP contribution in [0.25, 0.3) is 0 Å². The summed E-state index contributed by atoms with van der Waals surface area (Å²) in [5.74, 6) is 1.61. The van der Waals surface area contributed by atoms with Gasteiger partial charge in [0.25, 0.3) is 0 Å². The molecule has 0 aliphatic heterocycles. The van der Waals surface area contributed by atoms with Crippen LogP contribution < -0.4 is 5.32 Å². The number of hydrogen-bond acceptors (Lipinski definition) is 1. The molecule has 0 saturated heterocycles. The summed E-state index contributed by atoms with van der Waals surface area (Å²) in [4.78, 5) is 0. The lowest BCUT2D eigenvalue weighted by Crippen LogP contribution is -2.23. The van der Waals surface area contributed by atoms with Crippen LogP contribution in [0.3, 0.4) is 0 Å². The van der Waals surface area contributed by atoms with E-state index in [1.54, 1.807) is 0 Å². The van der Waals surface area contributed by atoms with Gasteiger partial charge in [-0.3, -0.25) is 0 Å². The van der Waals surface area contributed by atoms with Crippen molar-refractivity contribution in [3.8, 4) is 0 Å². The molecule has 0 amide bonds. The van der Waals surface area contributed by atoms with E-state index >= 15 is 0 Å². The third kappa shape index (κ3) is 10.0. The summed E-state index contributed by atoms with van der Waals surface area (Å²) in [5.41, 5.74) is 0.484. The van der Waals surface area contributed by atoms with E-state index in [9.17, 15) is 0 Å². The first-order chi connectivity index (χ1) is 6.31. The molecule has 0 aliphatic carbocycles. The maximum Gasteiger partial charge on any atom is -0.00258 e. The van der Waals surface area contributed by atoms with E-state index in [2.05, 4.69) is 46.9 Å². The normalized spacial score (nSPS) is 14.8. The Balaban J connectivity index is 3.40. The molecule has 14 heavy (non-hydrogen) atoms. The Hall–Kier alpha value is -0.0400. The quantitative estimate of drug-likeness (QED) is 0.643. The van der Waals surface area contributed by atoms with Gasteiger partial charge in [0, 0.05) is 0 Å². The lowest BCUT2D eigenvalue weighted by atomic mass is 9.84. The van der Waals surface area contributed by atoms with Gasteiger partial charge in [-0.25, -0.2) is 0 Å². The van der Waals surface area contributed by atoms with Gasteiger partial charge in [-0.15, -0.1) is 0 Å². The third-order valence-electron chi connectivity index (χ3n) is 2.33. The zero-order valence-electron chi connectivity index (χ0n) is 11.0. The van der Waals surface area contributed by atoms with Crippen molar-refractivity contribution in [3.63, 3.8) is 0 Å². The van der Waals surface area contributed by atoms with E-state index < -0.39 is 0 Å². The van der Waals surface area contributed by atoms with Crippen LogP contribution in [0.2, 0.25) is 0 Å². The van der Waals surface area contributed by atoms with E-state index in [0.29, 0.717) is 5.41 Å². The number of hydrogen-bond donors (Lipinski definition) is 1. The van der Waals surface area contributed by atoms with Gasteiger partial charge < -0.3 is 5.32 Å². The molecular formula is C13H29N. The van der Waals surface area contributed by atoms with Crippen LogP contribution in [-0.2, 0) is 0 Å². The second kappa shape index (κ2) is 6.44. The maximum absolute atomic E-state index is 3.50. The van der Waals surface area contributed by atoms with Gasteiger partial charge in [-0.2, -0.15) is 0 Å². The first kappa shape index (κ1) is 14.0. The summed E-state index contributed by atoms with van der Waals surface area (Å²) in [5, 5.41) is 3.50. The highest BCUT2D eigenvalue weighted by molar-refractivity contribution is 4.67. The monoisotopic (exact) mass is 199 g/mol. The van der Waals surface area contributed by atoms with Gasteiger partial charge in [-0.05, 0) is 43.2 Å². The highest BCUT2D eigenvalue weighted by Crippen LogP contribution is 2.25. The van der Waals surface area contributed by atoms with Crippen molar-refractivity contribution in [3.05, 3.63) is 0 Å². The molecule has 1 N–H and O–H groups in total. The molecule has 0 bridgehead atoms. The van der Waals surface area contributed by atoms with E-state index in [4.69, 9.17) is 0 Å². The van der Waals surface area contributed by atoms with Gasteiger partial charge in [0.05, 0.1) is 0 Å². The predicted octanol–water partition coefficient (Wildman–Crippen LogP) is 3.69. The van der Waals surface area contributed by atoms with Crippen molar-refractivity contribution < 1.29 is 0 Å². The Kier molecular flexibility index (Phi) is 6.43. The summed E-state index contributed by atoms with van der Waals surface area (Å²) < 4.78 is 0. The Morgan fingerprint density at radius 1 is 1.07 bits per heavy atom. The maximum atomic E-state index is 3.50. The minimum absolute atomic E-state index is 0.484. The molecule has 0 heterocycles. The van der Waals surface area contributed by atoms with Gasteiger partial charge in [-0.1, -0.05) is 41.5 Å². The first-order valence-electron chi connectivity index (χ1n) is 6.02. The molecule has 0 aromatic carbocycles. The van der Waals surface area contributed by atoms with E-state index in [1.165, 1.54) is 19.4 Å². The molecule has 0 aromatic heterocycles. The van der Waals surface area contributed by atoms with Crippen LogP contribution in [0.15, 0.2) is 0 Å². The van der Waals surface area contributed by atoms with Crippen molar-refractivity contribution in [1.29, 1.82) is 0 Å². The van der Waals surface area contributed by atoms with Crippen molar-refractivity contribution >= 4 is 0 Å². The fourth-order valence-corrected chi connectivity index (χ4v) is 1.89. The lowest BCUT2D eigenvalue weighted by molar-refractivity contribution is 0.294. The van der Waals surface area contributed by atoms with Crippen molar-refractivity contribution in [1.82, 2.24) is 5.32 Å². The fourth-order valence-electron chi connectivity index (χ4n) is 1.89. The second-order valence-electron chi connectivity index (χ2n) is 6.26. The molecule has 0 aliphatic rings. The highest BCUT2D eigenvalue weighted by atomic mass is 14.8. The standard InChI is InChI=1S/C13H29N/c1-11(2)10-14-8-7-12(3)9-13(4,5)6/h11-12,14H,7-10H2,1-6H3. The summed E-state index contributed by atoms with van der Waals surface area (Å²) in [6.07, 6.45) is 2.64. The van der Waals surface area contributed by atoms with Gasteiger partial charge in [0.2, 0.25) is 0 Å². The second-order valence-corrected chi connectivity index (χ2v) is 6.26. The number of nitrogens with one attached hydrogen (secondary N) is 1. The Bertz CT molecular complexity index is 133. The van der Waals surface area contributed by atoms with E-state index in [0.717, 1.165) is 18.4 Å². The van der Waals surface area contributed by atoms with Crippen LogP contribution in [0, 0.1) is 17.3 Å². The average molecular weight is 199 g/mol. The molecule has 0 aromatic rings. The first-order valence-corrected chi connectivity index (χ1v) is 6.02. The molecule has 1 nitrogen and oxygen atoms in total. The molecule has 0 rings (SSSR count). The van der Waals surface area contributed by atoms with Crippen LogP contribution in [0.5, 0.6) is 0 Å². The predicted molar refractivity (Wildman–Crippen MR) is 65.6 cm³/mol. The highest BCUT2D eigenvalue weighted by Gasteiger charge is 2.14. The SMILES string of the molecule is CC(C)CNCCC(C)CC(C)(C)C. The minimum atomic E-state index is 0.484. The van der Waals surface area contributed by atoms with Crippen molar-refractivity contribution in [2.45, 2.75) is 54.4 Å². The molecule has 1 heteroatoms. The Morgan fingerprint density at radius 2 is 1.64 bits per heavy atom. The van der Waals surface area contributed by atoms with Gasteiger partial charge in [0.1, 0.15) is 0 Å². The van der Waals surface area contributed by atoms with Crippen LogP contribution in [0.1, 0.15) is 54.4 Å². The molecule has 0 saturated carbocycles. The zero-order chi connectivity index (χ0) is 11.2. The summed E-state index contributed by atoms with van der Waals surface area (Å²) in [6, 6.07) is 0. The van der Waals surface area contributed by atoms with E-state index in [1.807, 2.05) is 0 Å². The summed E-state index contributed by atoms with van der Waals surface area (Å²) in [7, 11) is 0. The minimum Gasteiger partial charge on any atom is -0.316 e. The Morgan fingerprint density at radius 3 is 2.07 bits per heavy atom. The summed E-state index contributed by atoms with van der Waals surface area (Å²) in [6.45, 7) is 16.2. The lowest BCUT2D eigenvalue weighted by Gasteiger charge is -2.23. The third-order valence-corrected chi connectivity index (χ3v) is 2.33. The summed E-state index contributed by atoms with van der Waals surface area (Å²) >= 11 is 0. The molecule has 1 atom stereocenters. The zero-order valence-corrected chi connectivity index (χ0v) is 11.0. The molecule has 0 radical (unpaired) electrons. The van der Waals surface area contributed by atoms with Crippen molar-refractivity contribution in [2.24, 2.45) is 17.3 Å². The van der Waals surface area contributed by atoms with Crippen molar-refractivity contribution in [2.75, 3.05) is 13.1 Å². The largest absolute Gasteiger partial charge is 0.316 e. The van der Waals surface area contributed by atoms with Crippen LogP contribution in [-0.4, -0.2) is 13.1 Å². The molecule has 86 valence electrons. The van der Waals surface area contributed by atoms with E-state index in [-0.39, 0.29) is 0 Å². The van der Waals surface area contributed by atoms with Gasteiger partial charge >= 0.3 is 0 Å². The molecule has 0 spiro atoms.